The molecule has 0 aromatic carbocycles. The Morgan fingerprint density at radius 1 is 1.37 bits per heavy atom. The van der Waals surface area contributed by atoms with Gasteiger partial charge < -0.3 is 9.84 Å². The topological polar surface area (TPSA) is 78.9 Å². The predicted octanol–water partition coefficient (Wildman–Crippen LogP) is 0.484. The molecular weight excluding hydrogens is 268 g/mol. The number of nitrogens with one attached hydrogen (secondary N) is 1. The van der Waals surface area contributed by atoms with Crippen LogP contribution >= 0.6 is 0 Å². The molecule has 0 aromatic heterocycles. The van der Waals surface area contributed by atoms with Gasteiger partial charge >= 0.3 is 0 Å². The second kappa shape index (κ2) is 8.86. The zero-order valence-electron chi connectivity index (χ0n) is 11.7. The molecule has 2 N–H and O–H groups in total. The van der Waals surface area contributed by atoms with Crippen molar-refractivity contribution in [1.29, 1.82) is 0 Å². The van der Waals surface area contributed by atoms with Crippen LogP contribution in [0.15, 0.2) is 0 Å². The smallest absolute Gasteiger partial charge is 0.279 e. The lowest BCUT2D eigenvalue weighted by atomic mass is 10.1. The largest absolute Gasteiger partial charge is 0.395 e. The number of aliphatic hydroxyl groups excluding tert-OH is 1. The van der Waals surface area contributed by atoms with Gasteiger partial charge in [0.25, 0.3) is 10.2 Å². The molecule has 114 valence electrons. The number of aliphatic hydroxyl groups is 1. The number of hydrogen-bond acceptors (Lipinski definition) is 4. The Hall–Kier alpha value is -0.210. The van der Waals surface area contributed by atoms with Crippen molar-refractivity contribution < 1.29 is 18.3 Å². The van der Waals surface area contributed by atoms with E-state index in [0.29, 0.717) is 32.7 Å². The van der Waals surface area contributed by atoms with E-state index in [1.54, 1.807) is 0 Å². The summed E-state index contributed by atoms with van der Waals surface area (Å²) < 4.78 is 33.5. The maximum Gasteiger partial charge on any atom is 0.279 e. The van der Waals surface area contributed by atoms with Crippen molar-refractivity contribution in [2.75, 3.05) is 32.9 Å². The summed E-state index contributed by atoms with van der Waals surface area (Å²) in [6.45, 7) is 4.08. The van der Waals surface area contributed by atoms with E-state index < -0.39 is 10.2 Å². The van der Waals surface area contributed by atoms with Crippen molar-refractivity contribution in [2.45, 2.75) is 45.1 Å². The lowest BCUT2D eigenvalue weighted by Crippen LogP contribution is -2.50. The minimum atomic E-state index is -3.47. The van der Waals surface area contributed by atoms with E-state index in [9.17, 15) is 13.5 Å². The van der Waals surface area contributed by atoms with Crippen molar-refractivity contribution in [1.82, 2.24) is 9.03 Å². The van der Waals surface area contributed by atoms with Crippen molar-refractivity contribution in [2.24, 2.45) is 0 Å². The van der Waals surface area contributed by atoms with E-state index in [-0.39, 0.29) is 12.6 Å². The number of nitrogens with zero attached hydrogens (tertiary/aromatic N) is 1. The highest BCUT2D eigenvalue weighted by atomic mass is 32.2. The minimum Gasteiger partial charge on any atom is -0.395 e. The van der Waals surface area contributed by atoms with Gasteiger partial charge in [-0.2, -0.15) is 12.7 Å². The monoisotopic (exact) mass is 294 g/mol. The molecule has 0 amide bonds. The SMILES string of the molecule is CCCOCCCNS(=O)(=O)N1CCCCC1CO. The molecule has 1 fully saturated rings. The van der Waals surface area contributed by atoms with Gasteiger partial charge in [-0.3, -0.25) is 0 Å². The zero-order chi connectivity index (χ0) is 14.1. The Morgan fingerprint density at radius 2 is 2.16 bits per heavy atom. The fourth-order valence-electron chi connectivity index (χ4n) is 2.18. The molecule has 0 spiro atoms. The molecule has 1 aliphatic rings. The van der Waals surface area contributed by atoms with Gasteiger partial charge in [-0.25, -0.2) is 4.72 Å². The minimum absolute atomic E-state index is 0.111. The van der Waals surface area contributed by atoms with Crippen LogP contribution in [0.2, 0.25) is 0 Å². The van der Waals surface area contributed by atoms with E-state index in [0.717, 1.165) is 25.7 Å². The molecule has 0 radical (unpaired) electrons. The summed E-state index contributed by atoms with van der Waals surface area (Å²) >= 11 is 0. The summed E-state index contributed by atoms with van der Waals surface area (Å²) in [5.74, 6) is 0. The normalized spacial score (nSPS) is 21.7. The Bertz CT molecular complexity index is 335. The first-order valence-corrected chi connectivity index (χ1v) is 8.51. The maximum atomic E-state index is 12.1. The van der Waals surface area contributed by atoms with Crippen molar-refractivity contribution in [3.63, 3.8) is 0 Å². The van der Waals surface area contributed by atoms with Crippen LogP contribution in [0.3, 0.4) is 0 Å². The van der Waals surface area contributed by atoms with Gasteiger partial charge in [0.05, 0.1) is 6.61 Å². The second-order valence-electron chi connectivity index (χ2n) is 4.81. The fourth-order valence-corrected chi connectivity index (χ4v) is 3.68. The third-order valence-electron chi connectivity index (χ3n) is 3.19. The van der Waals surface area contributed by atoms with Gasteiger partial charge in [0.15, 0.2) is 0 Å². The lowest BCUT2D eigenvalue weighted by molar-refractivity contribution is 0.132. The van der Waals surface area contributed by atoms with Crippen LogP contribution in [-0.4, -0.2) is 56.8 Å². The molecule has 0 aromatic rings. The highest BCUT2D eigenvalue weighted by Gasteiger charge is 2.31. The Kier molecular flexibility index (Phi) is 7.86. The quantitative estimate of drug-likeness (QED) is 0.606. The molecule has 1 rings (SSSR count). The lowest BCUT2D eigenvalue weighted by Gasteiger charge is -2.33. The van der Waals surface area contributed by atoms with E-state index in [1.165, 1.54) is 4.31 Å². The van der Waals surface area contributed by atoms with Gasteiger partial charge in [-0.1, -0.05) is 13.3 Å². The third-order valence-corrected chi connectivity index (χ3v) is 4.86. The molecule has 1 aliphatic heterocycles. The number of ether oxygens (including phenoxy) is 1. The highest BCUT2D eigenvalue weighted by molar-refractivity contribution is 7.87. The molecule has 0 aliphatic carbocycles. The van der Waals surface area contributed by atoms with E-state index >= 15 is 0 Å². The Morgan fingerprint density at radius 3 is 2.84 bits per heavy atom. The first kappa shape index (κ1) is 16.8. The summed E-state index contributed by atoms with van der Waals surface area (Å²) in [4.78, 5) is 0. The average Bonchev–Trinajstić information content (AvgIpc) is 2.42. The van der Waals surface area contributed by atoms with Crippen LogP contribution in [0.4, 0.5) is 0 Å². The van der Waals surface area contributed by atoms with E-state index in [2.05, 4.69) is 4.72 Å². The summed E-state index contributed by atoms with van der Waals surface area (Å²) in [5, 5.41) is 9.24. The molecule has 19 heavy (non-hydrogen) atoms. The fraction of sp³-hybridized carbons (Fsp3) is 1.00. The summed E-state index contributed by atoms with van der Waals surface area (Å²) in [7, 11) is -3.47. The van der Waals surface area contributed by atoms with Gasteiger partial charge in [0, 0.05) is 32.3 Å². The molecule has 6 nitrogen and oxygen atoms in total. The van der Waals surface area contributed by atoms with Gasteiger partial charge in [-0.15, -0.1) is 0 Å². The molecule has 1 saturated heterocycles. The van der Waals surface area contributed by atoms with Crippen molar-refractivity contribution >= 4 is 10.2 Å². The van der Waals surface area contributed by atoms with Crippen LogP contribution in [0.5, 0.6) is 0 Å². The zero-order valence-corrected chi connectivity index (χ0v) is 12.5. The number of hydrogen-bond donors (Lipinski definition) is 2. The molecule has 7 heteroatoms. The van der Waals surface area contributed by atoms with Crippen LogP contribution in [0, 0.1) is 0 Å². The van der Waals surface area contributed by atoms with Crippen LogP contribution in [0.25, 0.3) is 0 Å². The van der Waals surface area contributed by atoms with Crippen LogP contribution in [0.1, 0.15) is 39.0 Å². The Balaban J connectivity index is 2.33. The summed E-state index contributed by atoms with van der Waals surface area (Å²) in [5.41, 5.74) is 0. The van der Waals surface area contributed by atoms with Gasteiger partial charge in [-0.05, 0) is 25.7 Å². The van der Waals surface area contributed by atoms with Gasteiger partial charge in [0.1, 0.15) is 0 Å². The van der Waals surface area contributed by atoms with Gasteiger partial charge in [0.2, 0.25) is 0 Å². The first-order chi connectivity index (χ1) is 9.11. The summed E-state index contributed by atoms with van der Waals surface area (Å²) in [6.07, 6.45) is 4.20. The van der Waals surface area contributed by atoms with Crippen LogP contribution in [-0.2, 0) is 14.9 Å². The molecule has 1 unspecified atom stereocenters. The molecule has 0 saturated carbocycles. The van der Waals surface area contributed by atoms with Crippen LogP contribution < -0.4 is 4.72 Å². The number of rotatable bonds is 9. The maximum absolute atomic E-state index is 12.1. The summed E-state index contributed by atoms with van der Waals surface area (Å²) in [6, 6.07) is -0.275. The first-order valence-electron chi connectivity index (χ1n) is 7.07. The number of piperidine rings is 1. The average molecular weight is 294 g/mol. The molecular formula is C12H26N2O4S. The van der Waals surface area contributed by atoms with E-state index in [1.807, 2.05) is 6.92 Å². The third kappa shape index (κ3) is 5.74. The van der Waals surface area contributed by atoms with Crippen molar-refractivity contribution in [3.05, 3.63) is 0 Å². The highest BCUT2D eigenvalue weighted by Crippen LogP contribution is 2.19. The molecule has 0 bridgehead atoms. The standard InChI is InChI=1S/C12H26N2O4S/c1-2-9-18-10-5-7-13-19(16,17)14-8-4-3-6-12(14)11-15/h12-13,15H,2-11H2,1H3. The molecule has 1 heterocycles. The van der Waals surface area contributed by atoms with E-state index in [4.69, 9.17) is 4.74 Å². The predicted molar refractivity (Wildman–Crippen MR) is 74.1 cm³/mol. The van der Waals surface area contributed by atoms with Crippen molar-refractivity contribution in [3.8, 4) is 0 Å². The Labute approximate surface area is 116 Å². The molecule has 1 atom stereocenters. The second-order valence-corrected chi connectivity index (χ2v) is 6.52.